The molecule has 0 bridgehead atoms. The van der Waals surface area contributed by atoms with Gasteiger partial charge in [0, 0.05) is 6.54 Å². The van der Waals surface area contributed by atoms with Crippen LogP contribution in [0.15, 0.2) is 4.73 Å². The van der Waals surface area contributed by atoms with E-state index < -0.39 is 0 Å². The van der Waals surface area contributed by atoms with E-state index in [1.54, 1.807) is 6.92 Å². The monoisotopic (exact) mass is 288 g/mol. The molecule has 0 aromatic carbocycles. The lowest BCUT2D eigenvalue weighted by atomic mass is 10.3. The first-order valence-corrected chi connectivity index (χ1v) is 6.30. The molecule has 0 saturated carbocycles. The number of ether oxygens (including phenoxy) is 1. The third-order valence-electron chi connectivity index (χ3n) is 2.30. The molecule has 4 nitrogen and oxygen atoms in total. The minimum Gasteiger partial charge on any atom is -0.461 e. The van der Waals surface area contributed by atoms with Crippen LogP contribution in [0, 0.1) is 6.92 Å². The van der Waals surface area contributed by atoms with E-state index in [0.717, 1.165) is 19.4 Å². The van der Waals surface area contributed by atoms with E-state index in [9.17, 15) is 4.79 Å². The molecule has 0 aliphatic heterocycles. The van der Waals surface area contributed by atoms with Gasteiger partial charge < -0.3 is 9.30 Å². The fourth-order valence-electron chi connectivity index (χ4n) is 1.52. The number of halogens is 1. The number of hydrogen-bond donors (Lipinski definition) is 0. The molecule has 90 valence electrons. The van der Waals surface area contributed by atoms with Gasteiger partial charge in [0.25, 0.3) is 0 Å². The first-order chi connectivity index (χ1) is 7.61. The van der Waals surface area contributed by atoms with Crippen molar-refractivity contribution in [1.29, 1.82) is 0 Å². The van der Waals surface area contributed by atoms with Gasteiger partial charge in [-0.25, -0.2) is 9.78 Å². The molecular formula is C11H17BrN2O2. The van der Waals surface area contributed by atoms with E-state index in [1.165, 1.54) is 0 Å². The summed E-state index contributed by atoms with van der Waals surface area (Å²) in [6, 6.07) is 0. The SMILES string of the molecule is CCCCn1c(Br)nc(C)c1C(=O)OCC. The van der Waals surface area contributed by atoms with E-state index >= 15 is 0 Å². The summed E-state index contributed by atoms with van der Waals surface area (Å²) >= 11 is 3.36. The van der Waals surface area contributed by atoms with Gasteiger partial charge in [-0.3, -0.25) is 0 Å². The van der Waals surface area contributed by atoms with Crippen molar-refractivity contribution in [3.8, 4) is 0 Å². The van der Waals surface area contributed by atoms with Crippen molar-refractivity contribution >= 4 is 21.9 Å². The standard InChI is InChI=1S/C11H17BrN2O2/c1-4-6-7-14-9(10(15)16-5-2)8(3)13-11(14)12/h4-7H2,1-3H3. The molecule has 5 heteroatoms. The molecule has 1 rings (SSSR count). The number of nitrogens with zero attached hydrogens (tertiary/aromatic N) is 2. The van der Waals surface area contributed by atoms with Crippen molar-refractivity contribution in [3.63, 3.8) is 0 Å². The summed E-state index contributed by atoms with van der Waals surface area (Å²) in [6.07, 6.45) is 2.09. The molecular weight excluding hydrogens is 272 g/mol. The van der Waals surface area contributed by atoms with Gasteiger partial charge >= 0.3 is 5.97 Å². The number of aromatic nitrogens is 2. The maximum atomic E-state index is 11.8. The molecule has 1 aromatic heterocycles. The Balaban J connectivity index is 3.00. The van der Waals surface area contributed by atoms with Crippen LogP contribution >= 0.6 is 15.9 Å². The zero-order valence-corrected chi connectivity index (χ0v) is 11.5. The van der Waals surface area contributed by atoms with Gasteiger partial charge in [0.15, 0.2) is 10.4 Å². The zero-order valence-electron chi connectivity index (χ0n) is 9.92. The van der Waals surface area contributed by atoms with Gasteiger partial charge in [-0.2, -0.15) is 0 Å². The highest BCUT2D eigenvalue weighted by Crippen LogP contribution is 2.18. The highest BCUT2D eigenvalue weighted by Gasteiger charge is 2.19. The van der Waals surface area contributed by atoms with Gasteiger partial charge in [-0.05, 0) is 36.2 Å². The number of imidazole rings is 1. The van der Waals surface area contributed by atoms with Crippen molar-refractivity contribution in [1.82, 2.24) is 9.55 Å². The highest BCUT2D eigenvalue weighted by atomic mass is 79.9. The number of carbonyl (C=O) groups excluding carboxylic acids is 1. The third kappa shape index (κ3) is 2.84. The van der Waals surface area contributed by atoms with Crippen LogP contribution in [0.4, 0.5) is 0 Å². The maximum Gasteiger partial charge on any atom is 0.356 e. The molecule has 1 heterocycles. The third-order valence-corrected chi connectivity index (χ3v) is 2.90. The van der Waals surface area contributed by atoms with E-state index in [2.05, 4.69) is 27.8 Å². The predicted molar refractivity (Wildman–Crippen MR) is 65.5 cm³/mol. The summed E-state index contributed by atoms with van der Waals surface area (Å²) in [5.41, 5.74) is 1.27. The fourth-order valence-corrected chi connectivity index (χ4v) is 2.14. The average molecular weight is 289 g/mol. The summed E-state index contributed by atoms with van der Waals surface area (Å²) in [5, 5.41) is 0. The van der Waals surface area contributed by atoms with Gasteiger partial charge in [-0.15, -0.1) is 0 Å². The van der Waals surface area contributed by atoms with Crippen LogP contribution in [0.2, 0.25) is 0 Å². The topological polar surface area (TPSA) is 44.1 Å². The minimum atomic E-state index is -0.297. The van der Waals surface area contributed by atoms with Crippen molar-refractivity contribution in [2.45, 2.75) is 40.2 Å². The number of unbranched alkanes of at least 4 members (excludes halogenated alkanes) is 1. The predicted octanol–water partition coefficient (Wildman–Crippen LogP) is 2.93. The molecule has 0 saturated heterocycles. The number of esters is 1. The summed E-state index contributed by atoms with van der Waals surface area (Å²) < 4.78 is 7.59. The Bertz CT molecular complexity index is 374. The molecule has 0 spiro atoms. The number of hydrogen-bond acceptors (Lipinski definition) is 3. The Labute approximate surface area is 104 Å². The maximum absolute atomic E-state index is 11.8. The van der Waals surface area contributed by atoms with E-state index in [1.807, 2.05) is 11.5 Å². The number of carbonyl (C=O) groups is 1. The Morgan fingerprint density at radius 1 is 1.50 bits per heavy atom. The van der Waals surface area contributed by atoms with Crippen LogP contribution in [0.1, 0.15) is 42.9 Å². The lowest BCUT2D eigenvalue weighted by Gasteiger charge is -2.08. The second-order valence-electron chi connectivity index (χ2n) is 3.54. The molecule has 0 atom stereocenters. The van der Waals surface area contributed by atoms with Crippen LogP contribution < -0.4 is 0 Å². The average Bonchev–Trinajstić information content (AvgIpc) is 2.50. The van der Waals surface area contributed by atoms with Crippen LogP contribution in [0.5, 0.6) is 0 Å². The van der Waals surface area contributed by atoms with Crippen LogP contribution in [0.25, 0.3) is 0 Å². The smallest absolute Gasteiger partial charge is 0.356 e. The van der Waals surface area contributed by atoms with Gasteiger partial charge in [0.1, 0.15) is 0 Å². The van der Waals surface area contributed by atoms with Crippen molar-refractivity contribution in [3.05, 3.63) is 16.1 Å². The molecule has 0 N–H and O–H groups in total. The molecule has 1 aromatic rings. The summed E-state index contributed by atoms with van der Waals surface area (Å²) in [5.74, 6) is -0.297. The summed E-state index contributed by atoms with van der Waals surface area (Å²) in [4.78, 5) is 16.0. The van der Waals surface area contributed by atoms with Gasteiger partial charge in [-0.1, -0.05) is 13.3 Å². The Hall–Kier alpha value is -0.840. The number of aryl methyl sites for hydroxylation is 1. The zero-order chi connectivity index (χ0) is 12.1. The van der Waals surface area contributed by atoms with Crippen LogP contribution in [-0.4, -0.2) is 22.1 Å². The van der Waals surface area contributed by atoms with Crippen LogP contribution in [0.3, 0.4) is 0 Å². The second-order valence-corrected chi connectivity index (χ2v) is 4.25. The Kier molecular flexibility index (Phi) is 4.99. The van der Waals surface area contributed by atoms with E-state index in [0.29, 0.717) is 22.7 Å². The van der Waals surface area contributed by atoms with Gasteiger partial charge in [0.2, 0.25) is 0 Å². The molecule has 0 aliphatic carbocycles. The lowest BCUT2D eigenvalue weighted by Crippen LogP contribution is -2.13. The van der Waals surface area contributed by atoms with Gasteiger partial charge in [0.05, 0.1) is 12.3 Å². The molecule has 0 fully saturated rings. The highest BCUT2D eigenvalue weighted by molar-refractivity contribution is 9.10. The first kappa shape index (κ1) is 13.2. The summed E-state index contributed by atoms with van der Waals surface area (Å²) in [6.45, 7) is 6.90. The summed E-state index contributed by atoms with van der Waals surface area (Å²) in [7, 11) is 0. The minimum absolute atomic E-state index is 0.297. The van der Waals surface area contributed by atoms with Crippen molar-refractivity contribution < 1.29 is 9.53 Å². The molecule has 16 heavy (non-hydrogen) atoms. The Morgan fingerprint density at radius 2 is 2.19 bits per heavy atom. The number of rotatable bonds is 5. The quantitative estimate of drug-likeness (QED) is 0.783. The molecule has 0 unspecified atom stereocenters. The Morgan fingerprint density at radius 3 is 2.75 bits per heavy atom. The van der Waals surface area contributed by atoms with E-state index in [4.69, 9.17) is 4.74 Å². The van der Waals surface area contributed by atoms with Crippen LogP contribution in [-0.2, 0) is 11.3 Å². The largest absolute Gasteiger partial charge is 0.461 e. The van der Waals surface area contributed by atoms with Crippen molar-refractivity contribution in [2.75, 3.05) is 6.61 Å². The fraction of sp³-hybridized carbons (Fsp3) is 0.636. The second kappa shape index (κ2) is 6.03. The first-order valence-electron chi connectivity index (χ1n) is 5.51. The molecule has 0 amide bonds. The molecule has 0 aliphatic rings. The molecule has 0 radical (unpaired) electrons. The van der Waals surface area contributed by atoms with E-state index in [-0.39, 0.29) is 5.97 Å². The normalized spacial score (nSPS) is 10.5. The van der Waals surface area contributed by atoms with Crippen molar-refractivity contribution in [2.24, 2.45) is 0 Å². The lowest BCUT2D eigenvalue weighted by molar-refractivity contribution is 0.0512.